The van der Waals surface area contributed by atoms with E-state index in [1.807, 2.05) is 0 Å². The van der Waals surface area contributed by atoms with Gasteiger partial charge in [0.2, 0.25) is 0 Å². The fraction of sp³-hybridized carbons (Fsp3) is 0.242. The van der Waals surface area contributed by atoms with Gasteiger partial charge in [0.05, 0.1) is 22.2 Å². The maximum Gasteiger partial charge on any atom is 0.145 e. The van der Waals surface area contributed by atoms with Crippen LogP contribution in [0.2, 0.25) is 13.1 Å². The molecule has 0 radical (unpaired) electrons. The molecular weight excluding hydrogens is 1230 g/mol. The lowest BCUT2D eigenvalue weighted by Gasteiger charge is -2.37. The zero-order chi connectivity index (χ0) is 70.2. The number of furan rings is 1. The van der Waals surface area contributed by atoms with Crippen LogP contribution < -0.4 is 25.1 Å². The normalized spacial score (nSPS) is 15.0. The third-order valence-electron chi connectivity index (χ3n) is 21.7. The second-order valence-electron chi connectivity index (χ2n) is 33.8. The monoisotopic (exact) mass is 1320 g/mol. The van der Waals surface area contributed by atoms with Crippen molar-refractivity contribution in [1.29, 1.82) is 0 Å². The minimum absolute atomic E-state index is 0.00899. The zero-order valence-corrected chi connectivity index (χ0v) is 62.7. The quantitative estimate of drug-likeness (QED) is 0.120. The molecule has 0 spiro atoms. The summed E-state index contributed by atoms with van der Waals surface area (Å²) in [5, 5.41) is 5.02. The highest BCUT2D eigenvalue weighted by atomic mass is 28.3. The first-order valence-corrected chi connectivity index (χ1v) is 39.0. The minimum Gasteiger partial charge on any atom is -0.455 e. The van der Waals surface area contributed by atoms with E-state index in [0.717, 1.165) is 84.3 Å². The van der Waals surface area contributed by atoms with Gasteiger partial charge in [-0.2, -0.15) is 0 Å². The standard InChI is InChI=1S/C95H95N3OSi/c1-90(2,3)62-36-38-67(39-37-62)95(68-48-58-73(59-49-68)96(71-50-40-63(41-51-71)91(4,5)6)72-52-42-64(43-53-72)92(7,8)9)78-60-80(97(69-28-20-18-21-29-69)74-54-44-65(45-55-74)93(10,11)12)84-76-32-24-26-34-82(76)99-88(84)86(78)87-79(95)61-81(85-77-33-25-27-35-83(77)100(16,17)89(85)87)98(70-30-22-19-23-31-70)75-56-46-66(47-57-75)94(13,14)15/h18-61H,1-17H3. The summed E-state index contributed by atoms with van der Waals surface area (Å²) in [7, 11) is -2.72. The fourth-order valence-corrected chi connectivity index (χ4v) is 19.6. The lowest BCUT2D eigenvalue weighted by molar-refractivity contribution is 0.589. The van der Waals surface area contributed by atoms with E-state index in [1.165, 1.54) is 71.6 Å². The summed E-state index contributed by atoms with van der Waals surface area (Å²) in [4.78, 5) is 7.53. The van der Waals surface area contributed by atoms with Gasteiger partial charge in [-0.3, -0.25) is 0 Å². The molecule has 0 saturated heterocycles. The first-order valence-electron chi connectivity index (χ1n) is 36.0. The minimum atomic E-state index is -2.72. The molecule has 4 nitrogen and oxygen atoms in total. The number of hydrogen-bond donors (Lipinski definition) is 0. The highest BCUT2D eigenvalue weighted by molar-refractivity contribution is 7.05. The third-order valence-corrected chi connectivity index (χ3v) is 25.2. The molecule has 12 aromatic carbocycles. The number of hydrogen-bond acceptors (Lipinski definition) is 4. The second-order valence-corrected chi connectivity index (χ2v) is 38.1. The summed E-state index contributed by atoms with van der Waals surface area (Å²) >= 11 is 0. The van der Waals surface area contributed by atoms with Crippen molar-refractivity contribution in [3.63, 3.8) is 0 Å². The number of para-hydroxylation sites is 3. The summed E-state index contributed by atoms with van der Waals surface area (Å²) in [5.41, 5.74) is 26.6. The van der Waals surface area contributed by atoms with E-state index in [0.29, 0.717) is 0 Å². The van der Waals surface area contributed by atoms with E-state index in [1.54, 1.807) is 0 Å². The molecule has 1 unspecified atom stereocenters. The van der Waals surface area contributed by atoms with Crippen LogP contribution in [-0.4, -0.2) is 8.07 Å². The predicted molar refractivity (Wildman–Crippen MR) is 431 cm³/mol. The molecule has 100 heavy (non-hydrogen) atoms. The van der Waals surface area contributed by atoms with E-state index in [-0.39, 0.29) is 27.1 Å². The summed E-state index contributed by atoms with van der Waals surface area (Å²) in [5.74, 6) is 0. The Labute approximate surface area is 595 Å². The molecule has 0 N–H and O–H groups in total. The Bertz CT molecular complexity index is 5170. The molecule has 0 amide bonds. The fourth-order valence-electron chi connectivity index (χ4n) is 16.2. The Balaban J connectivity index is 1.12. The van der Waals surface area contributed by atoms with Crippen LogP contribution in [0.4, 0.5) is 51.2 Å². The first-order chi connectivity index (χ1) is 47.5. The Kier molecular flexibility index (Phi) is 15.8. The molecule has 1 aliphatic carbocycles. The van der Waals surface area contributed by atoms with Crippen LogP contribution in [0.3, 0.4) is 0 Å². The summed E-state index contributed by atoms with van der Waals surface area (Å²) in [6.45, 7) is 39.8. The van der Waals surface area contributed by atoms with Crippen molar-refractivity contribution in [3.05, 3.63) is 317 Å². The molecule has 2 heterocycles. The largest absolute Gasteiger partial charge is 0.455 e. The van der Waals surface area contributed by atoms with Gasteiger partial charge in [0.1, 0.15) is 19.2 Å². The lowest BCUT2D eigenvalue weighted by Crippen LogP contribution is -2.50. The van der Waals surface area contributed by atoms with Crippen molar-refractivity contribution in [1.82, 2.24) is 0 Å². The number of rotatable bonds is 11. The van der Waals surface area contributed by atoms with Crippen molar-refractivity contribution < 1.29 is 4.42 Å². The van der Waals surface area contributed by atoms with E-state index in [4.69, 9.17) is 4.42 Å². The van der Waals surface area contributed by atoms with Crippen molar-refractivity contribution in [2.24, 2.45) is 0 Å². The maximum absolute atomic E-state index is 7.85. The summed E-state index contributed by atoms with van der Waals surface area (Å²) in [6.07, 6.45) is 0. The molecule has 1 aliphatic heterocycles. The van der Waals surface area contributed by atoms with Crippen LogP contribution in [0, 0.1) is 0 Å². The predicted octanol–water partition coefficient (Wildman–Crippen LogP) is 25.6. The number of benzene rings is 12. The van der Waals surface area contributed by atoms with Gasteiger partial charge in [-0.05, 0) is 202 Å². The molecule has 500 valence electrons. The van der Waals surface area contributed by atoms with Gasteiger partial charge in [0.25, 0.3) is 0 Å². The first kappa shape index (κ1) is 66.0. The highest BCUT2D eigenvalue weighted by Crippen LogP contribution is 2.64. The molecule has 13 aromatic rings. The molecule has 15 rings (SSSR count). The van der Waals surface area contributed by atoms with Gasteiger partial charge in [-0.15, -0.1) is 0 Å². The maximum atomic E-state index is 7.85. The van der Waals surface area contributed by atoms with Crippen molar-refractivity contribution in [3.8, 4) is 22.3 Å². The van der Waals surface area contributed by atoms with Crippen LogP contribution in [0.1, 0.15) is 154 Å². The SMILES string of the molecule is CC(C)(C)c1ccc(N(c2ccc(C(C)(C)C)cc2)c2ccc(C3(c4ccc(C(C)(C)C)cc4)c4cc(N(c5ccccc5)c5ccc(C(C)(C)C)cc5)c5c(c4-c4c3cc(N(c3ccccc3)c3ccc(C(C)(C)C)cc3)c3c4oc4ccccc43)[Si](C)(C)c3ccccc3-5)cc2)cc1. The van der Waals surface area contributed by atoms with Gasteiger partial charge in [0.15, 0.2) is 0 Å². The summed E-state index contributed by atoms with van der Waals surface area (Å²) < 4.78 is 7.85. The molecule has 2 aliphatic rings. The van der Waals surface area contributed by atoms with Crippen LogP contribution >= 0.6 is 0 Å². The molecule has 0 bridgehead atoms. The Morgan fingerprint density at radius 3 is 1.08 bits per heavy atom. The van der Waals surface area contributed by atoms with Crippen LogP contribution in [0.15, 0.2) is 271 Å². The van der Waals surface area contributed by atoms with E-state index in [2.05, 4.69) is 399 Å². The average Bonchev–Trinajstić information content (AvgIpc) is 1.49. The topological polar surface area (TPSA) is 22.9 Å². The Hall–Kier alpha value is -9.94. The molecule has 1 aromatic heterocycles. The number of fused-ring (bicyclic) bond motifs is 11. The van der Waals surface area contributed by atoms with Crippen molar-refractivity contribution >= 4 is 91.6 Å². The number of anilines is 9. The average molecular weight is 1320 g/mol. The van der Waals surface area contributed by atoms with Gasteiger partial charge in [0, 0.05) is 56.3 Å². The molecule has 0 fully saturated rings. The lowest BCUT2D eigenvalue weighted by atomic mass is 9.66. The third kappa shape index (κ3) is 11.0. The molecule has 1 atom stereocenters. The van der Waals surface area contributed by atoms with Gasteiger partial charge >= 0.3 is 0 Å². The van der Waals surface area contributed by atoms with E-state index < -0.39 is 13.5 Å². The Morgan fingerprint density at radius 2 is 0.640 bits per heavy atom. The zero-order valence-electron chi connectivity index (χ0n) is 61.7. The van der Waals surface area contributed by atoms with Crippen LogP contribution in [-0.2, 0) is 32.5 Å². The molecular formula is C95H95N3OSi. The van der Waals surface area contributed by atoms with E-state index in [9.17, 15) is 0 Å². The van der Waals surface area contributed by atoms with Crippen molar-refractivity contribution in [2.45, 2.75) is 149 Å². The second kappa shape index (κ2) is 23.9. The van der Waals surface area contributed by atoms with Crippen LogP contribution in [0.25, 0.3) is 44.2 Å². The van der Waals surface area contributed by atoms with Gasteiger partial charge < -0.3 is 19.1 Å². The van der Waals surface area contributed by atoms with Crippen molar-refractivity contribution in [2.75, 3.05) is 14.7 Å². The van der Waals surface area contributed by atoms with E-state index >= 15 is 0 Å². The Morgan fingerprint density at radius 1 is 0.310 bits per heavy atom. The van der Waals surface area contributed by atoms with Gasteiger partial charge in [-0.25, -0.2) is 0 Å². The van der Waals surface area contributed by atoms with Gasteiger partial charge in [-0.1, -0.05) is 281 Å². The molecule has 5 heteroatoms. The van der Waals surface area contributed by atoms with Crippen LogP contribution in [0.5, 0.6) is 0 Å². The molecule has 0 saturated carbocycles. The number of nitrogens with zero attached hydrogens (tertiary/aromatic N) is 3. The highest BCUT2D eigenvalue weighted by Gasteiger charge is 2.54. The summed E-state index contributed by atoms with van der Waals surface area (Å²) in [6, 6.07) is 102. The smallest absolute Gasteiger partial charge is 0.145 e.